The summed E-state index contributed by atoms with van der Waals surface area (Å²) in [5.41, 5.74) is 5.54. The van der Waals surface area contributed by atoms with Crippen LogP contribution in [0.2, 0.25) is 0 Å². The summed E-state index contributed by atoms with van der Waals surface area (Å²) >= 11 is 0. The van der Waals surface area contributed by atoms with Crippen LogP contribution in [-0.4, -0.2) is 41.7 Å². The standard InChI is InChI=1S/C8H18N2O2/c1-4-7(9)8(12)10(3)6(2)5-11/h6-7,11H,4-5,9H2,1-3H3/t6?,7-/m1/s1. The molecule has 3 N–H and O–H groups in total. The lowest BCUT2D eigenvalue weighted by Crippen LogP contribution is -2.46. The molecule has 0 saturated carbocycles. The average molecular weight is 174 g/mol. The van der Waals surface area contributed by atoms with Gasteiger partial charge in [0.15, 0.2) is 0 Å². The van der Waals surface area contributed by atoms with Crippen molar-refractivity contribution in [2.75, 3.05) is 13.7 Å². The molecule has 0 aliphatic carbocycles. The molecule has 0 aromatic heterocycles. The van der Waals surface area contributed by atoms with E-state index in [1.165, 1.54) is 4.90 Å². The number of nitrogens with zero attached hydrogens (tertiary/aromatic N) is 1. The van der Waals surface area contributed by atoms with Crippen molar-refractivity contribution < 1.29 is 9.90 Å². The van der Waals surface area contributed by atoms with Gasteiger partial charge in [-0.05, 0) is 13.3 Å². The third-order valence-corrected chi connectivity index (χ3v) is 2.03. The molecule has 0 saturated heterocycles. The van der Waals surface area contributed by atoms with E-state index in [0.717, 1.165) is 0 Å². The molecule has 72 valence electrons. The largest absolute Gasteiger partial charge is 0.394 e. The van der Waals surface area contributed by atoms with Crippen molar-refractivity contribution in [3.05, 3.63) is 0 Å². The van der Waals surface area contributed by atoms with Crippen LogP contribution in [0, 0.1) is 0 Å². The van der Waals surface area contributed by atoms with Crippen LogP contribution < -0.4 is 5.73 Å². The minimum absolute atomic E-state index is 0.0291. The van der Waals surface area contributed by atoms with Gasteiger partial charge in [0.2, 0.25) is 5.91 Å². The van der Waals surface area contributed by atoms with Crippen LogP contribution in [-0.2, 0) is 4.79 Å². The Bertz CT molecular complexity index is 150. The van der Waals surface area contributed by atoms with Gasteiger partial charge < -0.3 is 15.7 Å². The lowest BCUT2D eigenvalue weighted by molar-refractivity contribution is -0.133. The third kappa shape index (κ3) is 2.79. The Kier molecular flexibility index (Phi) is 4.85. The van der Waals surface area contributed by atoms with Crippen molar-refractivity contribution in [3.8, 4) is 0 Å². The molecule has 0 aromatic rings. The van der Waals surface area contributed by atoms with Gasteiger partial charge in [-0.2, -0.15) is 0 Å². The number of carbonyl (C=O) groups excluding carboxylic acids is 1. The highest BCUT2D eigenvalue weighted by atomic mass is 16.3. The van der Waals surface area contributed by atoms with Crippen molar-refractivity contribution in [1.82, 2.24) is 4.90 Å². The Morgan fingerprint density at radius 3 is 2.50 bits per heavy atom. The Hall–Kier alpha value is -0.610. The van der Waals surface area contributed by atoms with Crippen molar-refractivity contribution in [2.45, 2.75) is 32.4 Å². The maximum Gasteiger partial charge on any atom is 0.239 e. The highest BCUT2D eigenvalue weighted by molar-refractivity contribution is 5.81. The zero-order chi connectivity index (χ0) is 9.72. The van der Waals surface area contributed by atoms with Gasteiger partial charge in [0.1, 0.15) is 0 Å². The van der Waals surface area contributed by atoms with Gasteiger partial charge in [0.05, 0.1) is 18.7 Å². The summed E-state index contributed by atoms with van der Waals surface area (Å²) in [6.45, 7) is 3.61. The molecule has 2 atom stereocenters. The minimum Gasteiger partial charge on any atom is -0.394 e. The first kappa shape index (κ1) is 11.4. The van der Waals surface area contributed by atoms with Gasteiger partial charge in [0.25, 0.3) is 0 Å². The molecule has 0 bridgehead atoms. The Morgan fingerprint density at radius 2 is 2.17 bits per heavy atom. The number of hydrogen-bond donors (Lipinski definition) is 2. The second kappa shape index (κ2) is 5.11. The van der Waals surface area contributed by atoms with Crippen molar-refractivity contribution in [3.63, 3.8) is 0 Å². The highest BCUT2D eigenvalue weighted by Gasteiger charge is 2.19. The van der Waals surface area contributed by atoms with Gasteiger partial charge >= 0.3 is 0 Å². The fourth-order valence-electron chi connectivity index (χ4n) is 0.776. The molecule has 1 unspecified atom stereocenters. The van der Waals surface area contributed by atoms with Crippen LogP contribution in [0.25, 0.3) is 0 Å². The van der Waals surface area contributed by atoms with Crippen molar-refractivity contribution in [2.24, 2.45) is 5.73 Å². The molecule has 0 aliphatic rings. The Labute approximate surface area is 73.3 Å². The minimum atomic E-state index is -0.441. The second-order valence-corrected chi connectivity index (χ2v) is 3.00. The van der Waals surface area contributed by atoms with Crippen LogP contribution >= 0.6 is 0 Å². The Balaban J connectivity index is 4.09. The SMILES string of the molecule is CC[C@@H](N)C(=O)N(C)C(C)CO. The maximum absolute atomic E-state index is 11.4. The zero-order valence-electron chi connectivity index (χ0n) is 7.95. The molecule has 4 heteroatoms. The molecule has 0 fully saturated rings. The number of amides is 1. The van der Waals surface area contributed by atoms with Gasteiger partial charge in [-0.1, -0.05) is 6.92 Å². The van der Waals surface area contributed by atoms with Crippen LogP contribution in [0.1, 0.15) is 20.3 Å². The van der Waals surface area contributed by atoms with E-state index < -0.39 is 6.04 Å². The monoisotopic (exact) mass is 174 g/mol. The van der Waals surface area contributed by atoms with Crippen LogP contribution in [0.4, 0.5) is 0 Å². The zero-order valence-corrected chi connectivity index (χ0v) is 7.95. The molecule has 0 radical (unpaired) electrons. The van der Waals surface area contributed by atoms with Gasteiger partial charge in [-0.15, -0.1) is 0 Å². The van der Waals surface area contributed by atoms with E-state index in [-0.39, 0.29) is 18.6 Å². The number of aliphatic hydroxyl groups is 1. The summed E-state index contributed by atoms with van der Waals surface area (Å²) < 4.78 is 0. The number of hydrogen-bond acceptors (Lipinski definition) is 3. The van der Waals surface area contributed by atoms with E-state index in [9.17, 15) is 4.79 Å². The van der Waals surface area contributed by atoms with Crippen molar-refractivity contribution in [1.29, 1.82) is 0 Å². The number of carbonyl (C=O) groups is 1. The Morgan fingerprint density at radius 1 is 1.67 bits per heavy atom. The summed E-state index contributed by atoms with van der Waals surface area (Å²) in [7, 11) is 1.65. The lowest BCUT2D eigenvalue weighted by Gasteiger charge is -2.25. The molecule has 4 nitrogen and oxygen atoms in total. The molecule has 12 heavy (non-hydrogen) atoms. The fraction of sp³-hybridized carbons (Fsp3) is 0.875. The van der Waals surface area contributed by atoms with Crippen molar-refractivity contribution >= 4 is 5.91 Å². The van der Waals surface area contributed by atoms with Gasteiger partial charge in [-0.3, -0.25) is 4.79 Å². The first-order valence-electron chi connectivity index (χ1n) is 4.17. The van der Waals surface area contributed by atoms with E-state index in [4.69, 9.17) is 10.8 Å². The third-order valence-electron chi connectivity index (χ3n) is 2.03. The average Bonchev–Trinajstić information content (AvgIpc) is 2.12. The lowest BCUT2D eigenvalue weighted by atomic mass is 10.2. The highest BCUT2D eigenvalue weighted by Crippen LogP contribution is 1.99. The van der Waals surface area contributed by atoms with E-state index in [1.54, 1.807) is 14.0 Å². The fourth-order valence-corrected chi connectivity index (χ4v) is 0.776. The van der Waals surface area contributed by atoms with Gasteiger partial charge in [-0.25, -0.2) is 0 Å². The number of nitrogens with two attached hydrogens (primary N) is 1. The topological polar surface area (TPSA) is 66.6 Å². The summed E-state index contributed by atoms with van der Waals surface area (Å²) in [4.78, 5) is 12.8. The van der Waals surface area contributed by atoms with Crippen LogP contribution in [0.15, 0.2) is 0 Å². The maximum atomic E-state index is 11.4. The molecule has 0 heterocycles. The quantitative estimate of drug-likeness (QED) is 0.607. The first-order valence-corrected chi connectivity index (χ1v) is 4.17. The predicted octanol–water partition coefficient (Wildman–Crippen LogP) is -0.437. The predicted molar refractivity (Wildman–Crippen MR) is 47.6 cm³/mol. The molecular formula is C8H18N2O2. The summed E-state index contributed by atoms with van der Waals surface area (Å²) in [5.74, 6) is -0.112. The van der Waals surface area contributed by atoms with Gasteiger partial charge in [0, 0.05) is 7.05 Å². The number of rotatable bonds is 4. The molecule has 0 aromatic carbocycles. The first-order chi connectivity index (χ1) is 5.54. The molecule has 1 amide bonds. The molecule has 0 rings (SSSR count). The number of likely N-dealkylation sites (N-methyl/N-ethyl adjacent to an activating group) is 1. The molecule has 0 aliphatic heterocycles. The summed E-state index contributed by atoms with van der Waals surface area (Å²) in [6, 6.07) is -0.598. The summed E-state index contributed by atoms with van der Waals surface area (Å²) in [5, 5.41) is 8.77. The molecular weight excluding hydrogens is 156 g/mol. The van der Waals surface area contributed by atoms with E-state index >= 15 is 0 Å². The van der Waals surface area contributed by atoms with Crippen LogP contribution in [0.5, 0.6) is 0 Å². The summed E-state index contributed by atoms with van der Waals surface area (Å²) in [6.07, 6.45) is 0.626. The second-order valence-electron chi connectivity index (χ2n) is 3.00. The molecule has 0 spiro atoms. The van der Waals surface area contributed by atoms with E-state index in [0.29, 0.717) is 6.42 Å². The van der Waals surface area contributed by atoms with Crippen LogP contribution in [0.3, 0.4) is 0 Å². The number of aliphatic hydroxyl groups excluding tert-OH is 1. The van der Waals surface area contributed by atoms with E-state index in [1.807, 2.05) is 6.92 Å². The smallest absolute Gasteiger partial charge is 0.239 e. The van der Waals surface area contributed by atoms with E-state index in [2.05, 4.69) is 0 Å². The normalized spacial score (nSPS) is 15.4.